The Morgan fingerprint density at radius 1 is 1.25 bits per heavy atom. The number of hydrogen-bond donors (Lipinski definition) is 2. The van der Waals surface area contributed by atoms with Crippen LogP contribution < -0.4 is 10.6 Å². The van der Waals surface area contributed by atoms with E-state index in [0.29, 0.717) is 24.4 Å². The number of imidazole rings is 1. The number of aromatic nitrogens is 2. The molecule has 0 bridgehead atoms. The minimum absolute atomic E-state index is 0.224. The van der Waals surface area contributed by atoms with Crippen LogP contribution >= 0.6 is 0 Å². The highest BCUT2D eigenvalue weighted by Gasteiger charge is 2.55. The van der Waals surface area contributed by atoms with E-state index in [1.165, 1.54) is 12.1 Å². The van der Waals surface area contributed by atoms with Gasteiger partial charge in [0, 0.05) is 18.1 Å². The SMILES string of the molecule is Cc1nccn1-c1ccc(NC(=O)CN2C(=O)NC3(CCc4ccccc43)C2=O)cc1F. The standard InChI is InChI=1S/C23H20FN5O3/c1-14-25-10-11-28(14)19-7-6-16(12-18(19)24)26-20(30)13-29-21(31)23(27-22(29)32)9-8-15-4-2-3-5-17(15)23/h2-7,10-12H,8-9,13H2,1H3,(H,26,30)(H,27,32). The smallest absolute Gasteiger partial charge is 0.324 e. The number of amides is 4. The van der Waals surface area contributed by atoms with Gasteiger partial charge in [0.2, 0.25) is 5.91 Å². The van der Waals surface area contributed by atoms with Crippen LogP contribution in [0.5, 0.6) is 0 Å². The van der Waals surface area contributed by atoms with Crippen LogP contribution in [0.15, 0.2) is 54.9 Å². The second-order valence-electron chi connectivity index (χ2n) is 7.94. The van der Waals surface area contributed by atoms with Crippen LogP contribution in [0.1, 0.15) is 23.4 Å². The third kappa shape index (κ3) is 3.05. The van der Waals surface area contributed by atoms with Crippen molar-refractivity contribution in [3.8, 4) is 5.69 Å². The summed E-state index contributed by atoms with van der Waals surface area (Å²) in [4.78, 5) is 43.2. The van der Waals surface area contributed by atoms with Gasteiger partial charge in [0.1, 0.15) is 23.7 Å². The zero-order valence-electron chi connectivity index (χ0n) is 17.3. The number of fused-ring (bicyclic) bond motifs is 2. The molecule has 2 aromatic carbocycles. The fraction of sp³-hybridized carbons (Fsp3) is 0.217. The van der Waals surface area contributed by atoms with Gasteiger partial charge in [-0.25, -0.2) is 14.2 Å². The number of carbonyl (C=O) groups is 3. The first-order valence-electron chi connectivity index (χ1n) is 10.2. The van der Waals surface area contributed by atoms with Crippen LogP contribution in [0.25, 0.3) is 5.69 Å². The quantitative estimate of drug-likeness (QED) is 0.619. The van der Waals surface area contributed by atoms with E-state index in [1.54, 1.807) is 30.0 Å². The summed E-state index contributed by atoms with van der Waals surface area (Å²) in [6.07, 6.45) is 4.33. The summed E-state index contributed by atoms with van der Waals surface area (Å²) in [6.45, 7) is 1.29. The van der Waals surface area contributed by atoms with Crippen LogP contribution in [-0.4, -0.2) is 38.8 Å². The van der Waals surface area contributed by atoms with Gasteiger partial charge in [-0.05, 0) is 49.1 Å². The minimum Gasteiger partial charge on any atom is -0.324 e. The van der Waals surface area contributed by atoms with E-state index in [2.05, 4.69) is 15.6 Å². The number of urea groups is 1. The maximum atomic E-state index is 14.6. The predicted molar refractivity (Wildman–Crippen MR) is 114 cm³/mol. The lowest BCUT2D eigenvalue weighted by Crippen LogP contribution is -2.43. The number of benzene rings is 2. The highest BCUT2D eigenvalue weighted by Crippen LogP contribution is 2.41. The third-order valence-corrected chi connectivity index (χ3v) is 6.04. The lowest BCUT2D eigenvalue weighted by atomic mass is 9.92. The second kappa shape index (κ2) is 7.30. The summed E-state index contributed by atoms with van der Waals surface area (Å²) in [5, 5.41) is 5.34. The van der Waals surface area contributed by atoms with Gasteiger partial charge in [0.25, 0.3) is 5.91 Å². The van der Waals surface area contributed by atoms with Crippen molar-refractivity contribution in [1.29, 1.82) is 0 Å². The van der Waals surface area contributed by atoms with Gasteiger partial charge >= 0.3 is 6.03 Å². The molecule has 0 radical (unpaired) electrons. The van der Waals surface area contributed by atoms with Gasteiger partial charge in [0.15, 0.2) is 0 Å². The summed E-state index contributed by atoms with van der Waals surface area (Å²) in [5.74, 6) is -0.954. The van der Waals surface area contributed by atoms with Crippen molar-refractivity contribution in [2.75, 3.05) is 11.9 Å². The van der Waals surface area contributed by atoms with Crippen LogP contribution in [0.4, 0.5) is 14.9 Å². The summed E-state index contributed by atoms with van der Waals surface area (Å²) in [7, 11) is 0. The molecule has 0 saturated carbocycles. The largest absolute Gasteiger partial charge is 0.325 e. The summed E-state index contributed by atoms with van der Waals surface area (Å²) < 4.78 is 16.2. The molecule has 2 N–H and O–H groups in total. The maximum Gasteiger partial charge on any atom is 0.325 e. The number of anilines is 1. The van der Waals surface area contributed by atoms with Crippen LogP contribution in [0, 0.1) is 12.7 Å². The number of hydrogen-bond acceptors (Lipinski definition) is 4. The molecule has 3 aromatic rings. The Labute approximate surface area is 183 Å². The fourth-order valence-electron chi connectivity index (χ4n) is 4.49. The Bertz CT molecular complexity index is 1270. The van der Waals surface area contributed by atoms with Crippen molar-refractivity contribution < 1.29 is 18.8 Å². The average Bonchev–Trinajstić information content (AvgIpc) is 3.42. The van der Waals surface area contributed by atoms with Crippen molar-refractivity contribution in [2.24, 2.45) is 0 Å². The van der Waals surface area contributed by atoms with Gasteiger partial charge in [-0.15, -0.1) is 0 Å². The molecular weight excluding hydrogens is 413 g/mol. The van der Waals surface area contributed by atoms with Crippen LogP contribution in [0.3, 0.4) is 0 Å². The molecule has 1 aliphatic heterocycles. The monoisotopic (exact) mass is 433 g/mol. The minimum atomic E-state index is -1.12. The first kappa shape index (κ1) is 19.9. The third-order valence-electron chi connectivity index (χ3n) is 6.04. The number of aryl methyl sites for hydroxylation is 2. The van der Waals surface area contributed by atoms with E-state index in [0.717, 1.165) is 16.0 Å². The molecule has 2 aliphatic rings. The molecule has 1 atom stereocenters. The van der Waals surface area contributed by atoms with E-state index < -0.39 is 35.7 Å². The van der Waals surface area contributed by atoms with Crippen molar-refractivity contribution in [3.63, 3.8) is 0 Å². The molecule has 1 unspecified atom stereocenters. The fourth-order valence-corrected chi connectivity index (χ4v) is 4.49. The lowest BCUT2D eigenvalue weighted by Gasteiger charge is -2.22. The lowest BCUT2D eigenvalue weighted by molar-refractivity contribution is -0.134. The Kier molecular flexibility index (Phi) is 4.54. The van der Waals surface area contributed by atoms with Crippen molar-refractivity contribution >= 4 is 23.5 Å². The number of carbonyl (C=O) groups excluding carboxylic acids is 3. The summed E-state index contributed by atoms with van der Waals surface area (Å²) in [5.41, 5.74) is 1.19. The van der Waals surface area contributed by atoms with Gasteiger partial charge < -0.3 is 15.2 Å². The molecule has 1 fully saturated rings. The van der Waals surface area contributed by atoms with Crippen molar-refractivity contribution in [1.82, 2.24) is 19.8 Å². The molecule has 32 heavy (non-hydrogen) atoms. The van der Waals surface area contributed by atoms with E-state index in [-0.39, 0.29) is 5.69 Å². The molecule has 9 heteroatoms. The summed E-state index contributed by atoms with van der Waals surface area (Å²) >= 11 is 0. The number of nitrogens with zero attached hydrogens (tertiary/aromatic N) is 3. The summed E-state index contributed by atoms with van der Waals surface area (Å²) in [6, 6.07) is 11.1. The zero-order valence-corrected chi connectivity index (χ0v) is 17.3. The molecular formula is C23H20FN5O3. The molecule has 1 aliphatic carbocycles. The predicted octanol–water partition coefficient (Wildman–Crippen LogP) is 2.65. The molecule has 162 valence electrons. The Balaban J connectivity index is 1.31. The number of imide groups is 1. The molecule has 5 rings (SSSR count). The topological polar surface area (TPSA) is 96.3 Å². The van der Waals surface area contributed by atoms with E-state index in [9.17, 15) is 18.8 Å². The molecule has 1 saturated heterocycles. The second-order valence-corrected chi connectivity index (χ2v) is 7.94. The Hall–Kier alpha value is -4.01. The Morgan fingerprint density at radius 2 is 2.06 bits per heavy atom. The Morgan fingerprint density at radius 3 is 2.81 bits per heavy atom. The molecule has 8 nitrogen and oxygen atoms in total. The normalized spacial score (nSPS) is 19.4. The first-order valence-corrected chi connectivity index (χ1v) is 10.2. The number of rotatable bonds is 4. The van der Waals surface area contributed by atoms with Gasteiger partial charge in [-0.3, -0.25) is 14.5 Å². The van der Waals surface area contributed by atoms with E-state index in [1.807, 2.05) is 24.3 Å². The van der Waals surface area contributed by atoms with Crippen LogP contribution in [0.2, 0.25) is 0 Å². The molecule has 1 spiro atoms. The highest BCUT2D eigenvalue weighted by molar-refractivity contribution is 6.10. The van der Waals surface area contributed by atoms with Gasteiger partial charge in [-0.1, -0.05) is 24.3 Å². The van der Waals surface area contributed by atoms with Crippen molar-refractivity contribution in [2.45, 2.75) is 25.3 Å². The maximum absolute atomic E-state index is 14.6. The molecule has 4 amide bonds. The molecule has 1 aromatic heterocycles. The first-order chi connectivity index (χ1) is 15.4. The van der Waals surface area contributed by atoms with Crippen molar-refractivity contribution in [3.05, 3.63) is 77.6 Å². The van der Waals surface area contributed by atoms with Gasteiger partial charge in [-0.2, -0.15) is 0 Å². The molecule has 2 heterocycles. The van der Waals surface area contributed by atoms with Crippen LogP contribution in [-0.2, 0) is 21.5 Å². The van der Waals surface area contributed by atoms with E-state index in [4.69, 9.17) is 0 Å². The highest BCUT2D eigenvalue weighted by atomic mass is 19.1. The average molecular weight is 433 g/mol. The number of halogens is 1. The van der Waals surface area contributed by atoms with E-state index >= 15 is 0 Å². The zero-order chi connectivity index (χ0) is 22.5. The van der Waals surface area contributed by atoms with Gasteiger partial charge in [0.05, 0.1) is 5.69 Å². The number of nitrogens with one attached hydrogen (secondary N) is 2.